The standard InChI is InChI=1S/C14H21N3O5/c1-10(17-9-11(8-16-17)14(20)21)13(19)15-7-5-3-4-6-12(18)22-2/h8-10H,3-7H2,1-2H3,(H,15,19)(H,20,21). The molecule has 0 bridgehead atoms. The molecule has 0 aromatic carbocycles. The van der Waals surface area contributed by atoms with Crippen LogP contribution in [0.2, 0.25) is 0 Å². The summed E-state index contributed by atoms with van der Waals surface area (Å²) in [5.41, 5.74) is 0.0439. The summed E-state index contributed by atoms with van der Waals surface area (Å²) < 4.78 is 5.85. The Morgan fingerprint density at radius 1 is 1.36 bits per heavy atom. The third-order valence-corrected chi connectivity index (χ3v) is 3.21. The van der Waals surface area contributed by atoms with Gasteiger partial charge in [-0.05, 0) is 19.8 Å². The van der Waals surface area contributed by atoms with Crippen molar-refractivity contribution in [1.29, 1.82) is 0 Å². The molecule has 1 aromatic rings. The summed E-state index contributed by atoms with van der Waals surface area (Å²) in [5, 5.41) is 15.4. The molecule has 0 aliphatic rings. The molecule has 122 valence electrons. The minimum atomic E-state index is -1.08. The number of aromatic nitrogens is 2. The van der Waals surface area contributed by atoms with Crippen LogP contribution in [0.3, 0.4) is 0 Å². The molecule has 1 atom stereocenters. The fourth-order valence-electron chi connectivity index (χ4n) is 1.81. The number of carboxylic acids is 1. The van der Waals surface area contributed by atoms with E-state index >= 15 is 0 Å². The van der Waals surface area contributed by atoms with E-state index in [1.54, 1.807) is 6.92 Å². The largest absolute Gasteiger partial charge is 0.478 e. The quantitative estimate of drug-likeness (QED) is 0.520. The number of nitrogens with zero attached hydrogens (tertiary/aromatic N) is 2. The van der Waals surface area contributed by atoms with Crippen molar-refractivity contribution < 1.29 is 24.2 Å². The Morgan fingerprint density at radius 2 is 2.09 bits per heavy atom. The van der Waals surface area contributed by atoms with Crippen molar-refractivity contribution in [1.82, 2.24) is 15.1 Å². The minimum absolute atomic E-state index is 0.0439. The predicted octanol–water partition coefficient (Wildman–Crippen LogP) is 0.992. The first-order chi connectivity index (χ1) is 10.5. The second-order valence-corrected chi connectivity index (χ2v) is 4.87. The van der Waals surface area contributed by atoms with E-state index in [0.717, 1.165) is 19.3 Å². The smallest absolute Gasteiger partial charge is 0.338 e. The zero-order valence-electron chi connectivity index (χ0n) is 12.7. The Kier molecular flexibility index (Phi) is 7.07. The molecule has 8 nitrogen and oxygen atoms in total. The topological polar surface area (TPSA) is 111 Å². The molecule has 0 saturated heterocycles. The summed E-state index contributed by atoms with van der Waals surface area (Å²) in [6, 6.07) is -0.580. The van der Waals surface area contributed by atoms with Crippen molar-refractivity contribution in [2.45, 2.75) is 38.6 Å². The second kappa shape index (κ2) is 8.81. The van der Waals surface area contributed by atoms with E-state index in [-0.39, 0.29) is 17.4 Å². The number of hydrogen-bond acceptors (Lipinski definition) is 5. The van der Waals surface area contributed by atoms with Crippen molar-refractivity contribution in [2.75, 3.05) is 13.7 Å². The van der Waals surface area contributed by atoms with Crippen LogP contribution in [0.4, 0.5) is 0 Å². The third-order valence-electron chi connectivity index (χ3n) is 3.21. The van der Waals surface area contributed by atoms with Crippen molar-refractivity contribution in [3.8, 4) is 0 Å². The average molecular weight is 311 g/mol. The Morgan fingerprint density at radius 3 is 2.68 bits per heavy atom. The summed E-state index contributed by atoms with van der Waals surface area (Å²) in [6.07, 6.45) is 5.21. The first kappa shape index (κ1) is 17.7. The number of methoxy groups -OCH3 is 1. The molecule has 0 fully saturated rings. The molecule has 2 N–H and O–H groups in total. The van der Waals surface area contributed by atoms with Gasteiger partial charge in [-0.1, -0.05) is 6.42 Å². The first-order valence-electron chi connectivity index (χ1n) is 7.07. The van der Waals surface area contributed by atoms with Crippen LogP contribution in [0.15, 0.2) is 12.4 Å². The second-order valence-electron chi connectivity index (χ2n) is 4.87. The predicted molar refractivity (Wildman–Crippen MR) is 77.4 cm³/mol. The van der Waals surface area contributed by atoms with Crippen molar-refractivity contribution >= 4 is 17.8 Å². The Bertz CT molecular complexity index is 526. The van der Waals surface area contributed by atoms with Crippen LogP contribution in [-0.4, -0.2) is 46.4 Å². The van der Waals surface area contributed by atoms with E-state index < -0.39 is 12.0 Å². The van der Waals surface area contributed by atoms with Gasteiger partial charge >= 0.3 is 11.9 Å². The van der Waals surface area contributed by atoms with Crippen LogP contribution in [-0.2, 0) is 14.3 Å². The number of aromatic carboxylic acids is 1. The van der Waals surface area contributed by atoms with Gasteiger partial charge in [-0.2, -0.15) is 5.10 Å². The van der Waals surface area contributed by atoms with Crippen LogP contribution >= 0.6 is 0 Å². The number of hydrogen-bond donors (Lipinski definition) is 2. The van der Waals surface area contributed by atoms with E-state index in [1.165, 1.54) is 24.2 Å². The SMILES string of the molecule is COC(=O)CCCCCNC(=O)C(C)n1cc(C(=O)O)cn1. The molecule has 8 heteroatoms. The highest BCUT2D eigenvalue weighted by Crippen LogP contribution is 2.07. The van der Waals surface area contributed by atoms with Gasteiger partial charge in [0.05, 0.1) is 18.9 Å². The maximum Gasteiger partial charge on any atom is 0.338 e. The summed E-state index contributed by atoms with van der Waals surface area (Å²) in [7, 11) is 1.36. The normalized spacial score (nSPS) is 11.7. The van der Waals surface area contributed by atoms with E-state index in [4.69, 9.17) is 5.11 Å². The zero-order valence-corrected chi connectivity index (χ0v) is 12.7. The highest BCUT2D eigenvalue weighted by Gasteiger charge is 2.16. The molecular formula is C14H21N3O5. The molecule has 0 saturated carbocycles. The van der Waals surface area contributed by atoms with Crippen LogP contribution in [0.25, 0.3) is 0 Å². The van der Waals surface area contributed by atoms with Crippen molar-refractivity contribution in [3.63, 3.8) is 0 Å². The number of ether oxygens (including phenoxy) is 1. The molecule has 0 aliphatic heterocycles. The number of esters is 1. The van der Waals surface area contributed by atoms with E-state index in [1.807, 2.05) is 0 Å². The highest BCUT2D eigenvalue weighted by molar-refractivity contribution is 5.87. The zero-order chi connectivity index (χ0) is 16.5. The van der Waals surface area contributed by atoms with E-state index in [2.05, 4.69) is 15.2 Å². The molecule has 22 heavy (non-hydrogen) atoms. The van der Waals surface area contributed by atoms with Gasteiger partial charge in [-0.25, -0.2) is 4.79 Å². The van der Waals surface area contributed by atoms with Gasteiger partial charge in [0.1, 0.15) is 6.04 Å². The lowest BCUT2D eigenvalue weighted by Crippen LogP contribution is -2.32. The maximum absolute atomic E-state index is 11.9. The van der Waals surface area contributed by atoms with Gasteiger partial charge in [0.15, 0.2) is 0 Å². The van der Waals surface area contributed by atoms with Crippen LogP contribution < -0.4 is 5.32 Å². The minimum Gasteiger partial charge on any atom is -0.478 e. The maximum atomic E-state index is 11.9. The van der Waals surface area contributed by atoms with E-state index in [9.17, 15) is 14.4 Å². The van der Waals surface area contributed by atoms with Crippen LogP contribution in [0.1, 0.15) is 49.0 Å². The monoisotopic (exact) mass is 311 g/mol. The highest BCUT2D eigenvalue weighted by atomic mass is 16.5. The molecule has 1 unspecified atom stereocenters. The van der Waals surface area contributed by atoms with Gasteiger partial charge in [0.25, 0.3) is 0 Å². The van der Waals surface area contributed by atoms with Gasteiger partial charge < -0.3 is 15.2 Å². The first-order valence-corrected chi connectivity index (χ1v) is 7.07. The lowest BCUT2D eigenvalue weighted by atomic mass is 10.2. The Hall–Kier alpha value is -2.38. The summed E-state index contributed by atoms with van der Waals surface area (Å²) >= 11 is 0. The number of carbonyl (C=O) groups excluding carboxylic acids is 2. The molecule has 1 aromatic heterocycles. The molecule has 0 aliphatic carbocycles. The summed E-state index contributed by atoms with van der Waals surface area (Å²) in [5.74, 6) is -1.54. The number of carboxylic acid groups (broad SMARTS) is 1. The lowest BCUT2D eigenvalue weighted by Gasteiger charge is -2.12. The molecule has 1 heterocycles. The molecule has 1 amide bonds. The molecule has 0 radical (unpaired) electrons. The number of nitrogens with one attached hydrogen (secondary N) is 1. The van der Waals surface area contributed by atoms with E-state index in [0.29, 0.717) is 13.0 Å². The number of carbonyl (C=O) groups is 3. The fourth-order valence-corrected chi connectivity index (χ4v) is 1.81. The van der Waals surface area contributed by atoms with Gasteiger partial charge in [0.2, 0.25) is 5.91 Å². The summed E-state index contributed by atoms with van der Waals surface area (Å²) in [4.78, 5) is 33.6. The number of unbranched alkanes of at least 4 members (excludes halogenated alkanes) is 2. The average Bonchev–Trinajstić information content (AvgIpc) is 2.99. The Labute approximate surface area is 128 Å². The third kappa shape index (κ3) is 5.55. The molecular weight excluding hydrogens is 290 g/mol. The van der Waals surface area contributed by atoms with Gasteiger partial charge in [-0.15, -0.1) is 0 Å². The van der Waals surface area contributed by atoms with Crippen LogP contribution in [0, 0.1) is 0 Å². The van der Waals surface area contributed by atoms with Crippen LogP contribution in [0.5, 0.6) is 0 Å². The van der Waals surface area contributed by atoms with Gasteiger partial charge in [-0.3, -0.25) is 14.3 Å². The lowest BCUT2D eigenvalue weighted by molar-refractivity contribution is -0.140. The molecule has 0 spiro atoms. The van der Waals surface area contributed by atoms with Crippen molar-refractivity contribution in [2.24, 2.45) is 0 Å². The van der Waals surface area contributed by atoms with Gasteiger partial charge in [0, 0.05) is 19.2 Å². The Balaban J connectivity index is 2.26. The fraction of sp³-hybridized carbons (Fsp3) is 0.571. The molecule has 1 rings (SSSR count). The summed E-state index contributed by atoms with van der Waals surface area (Å²) in [6.45, 7) is 2.14. The number of amides is 1. The van der Waals surface area contributed by atoms with Crippen molar-refractivity contribution in [3.05, 3.63) is 18.0 Å². The number of rotatable bonds is 9.